The minimum atomic E-state index is -0.455. The number of hydrogen-bond donors (Lipinski definition) is 1. The van der Waals surface area contributed by atoms with Crippen LogP contribution in [0.3, 0.4) is 0 Å². The van der Waals surface area contributed by atoms with Crippen molar-refractivity contribution in [2.24, 2.45) is 0 Å². The molecule has 1 atom stereocenters. The van der Waals surface area contributed by atoms with Crippen LogP contribution in [0.2, 0.25) is 0 Å². The maximum Gasteiger partial charge on any atom is 0.251 e. The number of ether oxygens (including phenoxy) is 2. The molecule has 2 aromatic carbocycles. The minimum Gasteiger partial charge on any atom is -0.496 e. The molecule has 0 aliphatic heterocycles. The van der Waals surface area contributed by atoms with Crippen LogP contribution in [-0.2, 0) is 0 Å². The number of methoxy groups -OCH3 is 2. The zero-order valence-corrected chi connectivity index (χ0v) is 13.6. The summed E-state index contributed by atoms with van der Waals surface area (Å²) in [6, 6.07) is 9.53. The maximum atomic E-state index is 13.8. The summed E-state index contributed by atoms with van der Waals surface area (Å²) in [4.78, 5) is 12.3. The van der Waals surface area contributed by atoms with E-state index in [0.717, 1.165) is 5.56 Å². The van der Waals surface area contributed by atoms with Crippen LogP contribution in [0.5, 0.6) is 11.5 Å². The fourth-order valence-corrected chi connectivity index (χ4v) is 2.28. The fraction of sp³-hybridized carbons (Fsp3) is 0.278. The zero-order chi connectivity index (χ0) is 17.0. The first-order chi connectivity index (χ1) is 11.0. The Morgan fingerprint density at radius 1 is 1.09 bits per heavy atom. The molecule has 5 heteroatoms. The van der Waals surface area contributed by atoms with Crippen LogP contribution in [0, 0.1) is 12.7 Å². The van der Waals surface area contributed by atoms with Gasteiger partial charge in [0.05, 0.1) is 20.3 Å². The first-order valence-corrected chi connectivity index (χ1v) is 7.25. The SMILES string of the molecule is COc1cc(C(=O)N[C@H](C)c2ccc(OC)c(F)c2)ccc1C. The molecule has 23 heavy (non-hydrogen) atoms. The van der Waals surface area contributed by atoms with Crippen LogP contribution in [0.25, 0.3) is 0 Å². The minimum absolute atomic E-state index is 0.176. The van der Waals surface area contributed by atoms with Crippen molar-refractivity contribution >= 4 is 5.91 Å². The zero-order valence-electron chi connectivity index (χ0n) is 13.6. The van der Waals surface area contributed by atoms with Gasteiger partial charge in [0.15, 0.2) is 11.6 Å². The highest BCUT2D eigenvalue weighted by atomic mass is 19.1. The Morgan fingerprint density at radius 3 is 2.39 bits per heavy atom. The van der Waals surface area contributed by atoms with E-state index < -0.39 is 5.82 Å². The van der Waals surface area contributed by atoms with Gasteiger partial charge in [0.1, 0.15) is 5.75 Å². The van der Waals surface area contributed by atoms with E-state index in [1.54, 1.807) is 38.3 Å². The van der Waals surface area contributed by atoms with Crippen LogP contribution in [0.15, 0.2) is 36.4 Å². The van der Waals surface area contributed by atoms with Crippen molar-refractivity contribution in [1.82, 2.24) is 5.32 Å². The lowest BCUT2D eigenvalue weighted by atomic mass is 10.1. The number of halogens is 1. The lowest BCUT2D eigenvalue weighted by molar-refractivity contribution is 0.0939. The van der Waals surface area contributed by atoms with E-state index in [2.05, 4.69) is 5.32 Å². The quantitative estimate of drug-likeness (QED) is 0.916. The molecule has 1 amide bonds. The molecular weight excluding hydrogens is 297 g/mol. The topological polar surface area (TPSA) is 47.6 Å². The molecule has 0 radical (unpaired) electrons. The van der Waals surface area contributed by atoms with Gasteiger partial charge in [-0.3, -0.25) is 4.79 Å². The monoisotopic (exact) mass is 317 g/mol. The van der Waals surface area contributed by atoms with Crippen molar-refractivity contribution in [2.45, 2.75) is 19.9 Å². The molecular formula is C18H20FNO3. The molecule has 0 saturated heterocycles. The molecule has 0 aliphatic carbocycles. The van der Waals surface area contributed by atoms with Gasteiger partial charge in [0, 0.05) is 5.56 Å². The van der Waals surface area contributed by atoms with Crippen molar-refractivity contribution in [2.75, 3.05) is 14.2 Å². The van der Waals surface area contributed by atoms with Gasteiger partial charge in [-0.25, -0.2) is 4.39 Å². The fourth-order valence-electron chi connectivity index (χ4n) is 2.28. The number of carbonyl (C=O) groups excluding carboxylic acids is 1. The van der Waals surface area contributed by atoms with Crippen LogP contribution in [-0.4, -0.2) is 20.1 Å². The van der Waals surface area contributed by atoms with Crippen LogP contribution in [0.1, 0.15) is 34.5 Å². The van der Waals surface area contributed by atoms with E-state index in [9.17, 15) is 9.18 Å². The van der Waals surface area contributed by atoms with E-state index in [1.165, 1.54) is 13.2 Å². The molecule has 4 nitrogen and oxygen atoms in total. The number of hydrogen-bond acceptors (Lipinski definition) is 3. The van der Waals surface area contributed by atoms with Gasteiger partial charge in [-0.2, -0.15) is 0 Å². The number of rotatable bonds is 5. The summed E-state index contributed by atoms with van der Waals surface area (Å²) in [7, 11) is 2.97. The molecule has 2 rings (SSSR count). The Balaban J connectivity index is 2.14. The second-order valence-corrected chi connectivity index (χ2v) is 5.27. The number of nitrogens with one attached hydrogen (secondary N) is 1. The van der Waals surface area contributed by atoms with E-state index in [0.29, 0.717) is 16.9 Å². The van der Waals surface area contributed by atoms with Gasteiger partial charge in [-0.05, 0) is 49.2 Å². The van der Waals surface area contributed by atoms with Gasteiger partial charge in [-0.15, -0.1) is 0 Å². The van der Waals surface area contributed by atoms with Gasteiger partial charge < -0.3 is 14.8 Å². The summed E-state index contributed by atoms with van der Waals surface area (Å²) in [5, 5.41) is 2.85. The average Bonchev–Trinajstić information content (AvgIpc) is 2.54. The normalized spacial score (nSPS) is 11.7. The standard InChI is InChI=1S/C18H20FNO3/c1-11-5-6-14(10-17(11)23-4)18(21)20-12(2)13-7-8-16(22-3)15(19)9-13/h5-10,12H,1-4H3,(H,20,21)/t12-/m1/s1. The van der Waals surface area contributed by atoms with Crippen molar-refractivity contribution in [3.8, 4) is 11.5 Å². The third-order valence-electron chi connectivity index (χ3n) is 3.69. The summed E-state index contributed by atoms with van der Waals surface area (Å²) >= 11 is 0. The Morgan fingerprint density at radius 2 is 1.78 bits per heavy atom. The molecule has 1 N–H and O–H groups in total. The summed E-state index contributed by atoms with van der Waals surface area (Å²) < 4.78 is 23.9. The highest BCUT2D eigenvalue weighted by Gasteiger charge is 2.14. The van der Waals surface area contributed by atoms with Crippen molar-refractivity contribution < 1.29 is 18.7 Å². The number of aryl methyl sites for hydroxylation is 1. The summed E-state index contributed by atoms with van der Waals surface area (Å²) in [5.74, 6) is 0.131. The Bertz CT molecular complexity index is 715. The molecule has 0 aliphatic rings. The van der Waals surface area contributed by atoms with Gasteiger partial charge >= 0.3 is 0 Å². The van der Waals surface area contributed by atoms with E-state index in [-0.39, 0.29) is 17.7 Å². The van der Waals surface area contributed by atoms with Gasteiger partial charge in [0.25, 0.3) is 5.91 Å². The summed E-state index contributed by atoms with van der Waals surface area (Å²) in [5.41, 5.74) is 2.11. The van der Waals surface area contributed by atoms with E-state index >= 15 is 0 Å². The molecule has 0 saturated carbocycles. The summed E-state index contributed by atoms with van der Waals surface area (Å²) in [6.07, 6.45) is 0. The maximum absolute atomic E-state index is 13.8. The Hall–Kier alpha value is -2.56. The van der Waals surface area contributed by atoms with Crippen molar-refractivity contribution in [3.63, 3.8) is 0 Å². The smallest absolute Gasteiger partial charge is 0.251 e. The Kier molecular flexibility index (Phi) is 5.21. The molecule has 2 aromatic rings. The lowest BCUT2D eigenvalue weighted by Gasteiger charge is -2.16. The molecule has 0 bridgehead atoms. The second kappa shape index (κ2) is 7.13. The predicted molar refractivity (Wildman–Crippen MR) is 86.6 cm³/mol. The van der Waals surface area contributed by atoms with Crippen LogP contribution in [0.4, 0.5) is 4.39 Å². The van der Waals surface area contributed by atoms with E-state index in [4.69, 9.17) is 9.47 Å². The third kappa shape index (κ3) is 3.80. The molecule has 122 valence electrons. The Labute approximate surface area is 135 Å². The van der Waals surface area contributed by atoms with Crippen LogP contribution >= 0.6 is 0 Å². The molecule has 0 heterocycles. The average molecular weight is 317 g/mol. The number of benzene rings is 2. The van der Waals surface area contributed by atoms with Gasteiger partial charge in [0.2, 0.25) is 0 Å². The van der Waals surface area contributed by atoms with Gasteiger partial charge in [-0.1, -0.05) is 12.1 Å². The number of amides is 1. The molecule has 0 fully saturated rings. The summed E-state index contributed by atoms with van der Waals surface area (Å²) in [6.45, 7) is 3.70. The van der Waals surface area contributed by atoms with Crippen molar-refractivity contribution in [1.29, 1.82) is 0 Å². The first-order valence-electron chi connectivity index (χ1n) is 7.25. The van der Waals surface area contributed by atoms with Crippen LogP contribution < -0.4 is 14.8 Å². The molecule has 0 spiro atoms. The highest BCUT2D eigenvalue weighted by Crippen LogP contribution is 2.23. The first kappa shape index (κ1) is 16.8. The largest absolute Gasteiger partial charge is 0.496 e. The van der Waals surface area contributed by atoms with Crippen molar-refractivity contribution in [3.05, 3.63) is 58.9 Å². The third-order valence-corrected chi connectivity index (χ3v) is 3.69. The highest BCUT2D eigenvalue weighted by molar-refractivity contribution is 5.95. The lowest BCUT2D eigenvalue weighted by Crippen LogP contribution is -2.26. The molecule has 0 aromatic heterocycles. The number of carbonyl (C=O) groups is 1. The van der Waals surface area contributed by atoms with E-state index in [1.807, 2.05) is 13.0 Å². The molecule has 0 unspecified atom stereocenters. The second-order valence-electron chi connectivity index (χ2n) is 5.27. The predicted octanol–water partition coefficient (Wildman–Crippen LogP) is 3.64.